The Hall–Kier alpha value is -3.41. The number of carbonyl (C=O) groups excluding carboxylic acids is 1. The number of rotatable bonds is 7. The standard InChI is InChI=1S/C21H22N4O2/c1-3-27-19-7-5-4-6-17(19)25-21(26)18-12-20(24-14-23-18)22-13-16-10-8-15(2)9-11-16/h4-12,14H,3,13H2,1-2H3,(H,25,26)(H,22,23,24). The Kier molecular flexibility index (Phi) is 5.99. The van der Waals surface area contributed by atoms with Crippen molar-refractivity contribution in [2.24, 2.45) is 0 Å². The lowest BCUT2D eigenvalue weighted by atomic mass is 10.1. The number of amides is 1. The number of carbonyl (C=O) groups is 1. The Bertz CT molecular complexity index is 910. The molecule has 1 aromatic heterocycles. The molecular weight excluding hydrogens is 340 g/mol. The third-order valence-electron chi connectivity index (χ3n) is 3.93. The number of aryl methyl sites for hydroxylation is 1. The number of ether oxygens (including phenoxy) is 1. The van der Waals surface area contributed by atoms with Gasteiger partial charge in [-0.2, -0.15) is 0 Å². The molecule has 1 amide bonds. The van der Waals surface area contributed by atoms with Crippen LogP contribution in [-0.2, 0) is 6.54 Å². The maximum Gasteiger partial charge on any atom is 0.274 e. The van der Waals surface area contributed by atoms with Crippen LogP contribution in [0.1, 0.15) is 28.5 Å². The van der Waals surface area contributed by atoms with E-state index in [1.54, 1.807) is 12.1 Å². The van der Waals surface area contributed by atoms with E-state index in [9.17, 15) is 4.79 Å². The van der Waals surface area contributed by atoms with E-state index in [0.717, 1.165) is 5.56 Å². The van der Waals surface area contributed by atoms with Crippen LogP contribution in [0.15, 0.2) is 60.9 Å². The molecule has 138 valence electrons. The third kappa shape index (κ3) is 5.04. The maximum atomic E-state index is 12.5. The second-order valence-corrected chi connectivity index (χ2v) is 6.01. The van der Waals surface area contributed by atoms with Gasteiger partial charge in [0, 0.05) is 12.6 Å². The van der Waals surface area contributed by atoms with Crippen LogP contribution in [0.2, 0.25) is 0 Å². The summed E-state index contributed by atoms with van der Waals surface area (Å²) in [5.41, 5.74) is 3.24. The van der Waals surface area contributed by atoms with Crippen molar-refractivity contribution >= 4 is 17.4 Å². The summed E-state index contributed by atoms with van der Waals surface area (Å²) in [6, 6.07) is 17.2. The SMILES string of the molecule is CCOc1ccccc1NC(=O)c1cc(NCc2ccc(C)cc2)ncn1. The first-order valence-corrected chi connectivity index (χ1v) is 8.80. The fraction of sp³-hybridized carbons (Fsp3) is 0.190. The molecule has 3 rings (SSSR count). The molecule has 6 heteroatoms. The Balaban J connectivity index is 1.67. The summed E-state index contributed by atoms with van der Waals surface area (Å²) in [5, 5.41) is 6.05. The van der Waals surface area contributed by atoms with Crippen LogP contribution in [-0.4, -0.2) is 22.5 Å². The molecule has 0 aliphatic carbocycles. The van der Waals surface area contributed by atoms with Gasteiger partial charge in [0.15, 0.2) is 0 Å². The van der Waals surface area contributed by atoms with Gasteiger partial charge in [0.05, 0.1) is 12.3 Å². The average molecular weight is 362 g/mol. The van der Waals surface area contributed by atoms with Crippen LogP contribution in [0.25, 0.3) is 0 Å². The van der Waals surface area contributed by atoms with E-state index >= 15 is 0 Å². The van der Waals surface area contributed by atoms with Crippen molar-refractivity contribution in [3.63, 3.8) is 0 Å². The zero-order chi connectivity index (χ0) is 19.1. The second kappa shape index (κ2) is 8.80. The minimum absolute atomic E-state index is 0.280. The van der Waals surface area contributed by atoms with E-state index in [1.165, 1.54) is 11.9 Å². The highest BCUT2D eigenvalue weighted by Gasteiger charge is 2.12. The Morgan fingerprint density at radius 3 is 2.63 bits per heavy atom. The Morgan fingerprint density at radius 1 is 1.07 bits per heavy atom. The van der Waals surface area contributed by atoms with E-state index in [1.807, 2.05) is 25.1 Å². The van der Waals surface area contributed by atoms with Crippen LogP contribution in [0.5, 0.6) is 5.75 Å². The van der Waals surface area contributed by atoms with Crippen molar-refractivity contribution in [2.75, 3.05) is 17.2 Å². The highest BCUT2D eigenvalue weighted by atomic mass is 16.5. The van der Waals surface area contributed by atoms with Crippen LogP contribution in [0, 0.1) is 6.92 Å². The van der Waals surface area contributed by atoms with Crippen LogP contribution in [0.4, 0.5) is 11.5 Å². The number of hydrogen-bond acceptors (Lipinski definition) is 5. The number of hydrogen-bond donors (Lipinski definition) is 2. The van der Waals surface area contributed by atoms with Crippen molar-refractivity contribution in [3.8, 4) is 5.75 Å². The molecule has 0 aliphatic rings. The summed E-state index contributed by atoms with van der Waals surface area (Å²) in [4.78, 5) is 20.8. The van der Waals surface area contributed by atoms with Crippen molar-refractivity contribution in [1.29, 1.82) is 0 Å². The van der Waals surface area contributed by atoms with Crippen molar-refractivity contribution in [3.05, 3.63) is 77.7 Å². The predicted molar refractivity (Wildman–Crippen MR) is 106 cm³/mol. The van der Waals surface area contributed by atoms with E-state index in [0.29, 0.717) is 30.4 Å². The number of nitrogens with zero attached hydrogens (tertiary/aromatic N) is 2. The largest absolute Gasteiger partial charge is 0.492 e. The van der Waals surface area contributed by atoms with Gasteiger partial charge in [0.2, 0.25) is 0 Å². The molecule has 0 aliphatic heterocycles. The number of anilines is 2. The lowest BCUT2D eigenvalue weighted by Crippen LogP contribution is -2.15. The van der Waals surface area contributed by atoms with E-state index in [-0.39, 0.29) is 11.6 Å². The molecule has 0 spiro atoms. The molecular formula is C21H22N4O2. The summed E-state index contributed by atoms with van der Waals surface area (Å²) in [6.45, 7) is 5.09. The molecule has 2 aromatic carbocycles. The summed E-state index contributed by atoms with van der Waals surface area (Å²) in [7, 11) is 0. The first-order chi connectivity index (χ1) is 13.2. The van der Waals surface area contributed by atoms with Gasteiger partial charge in [0.25, 0.3) is 5.91 Å². The first kappa shape index (κ1) is 18.4. The lowest BCUT2D eigenvalue weighted by molar-refractivity contribution is 0.102. The van der Waals surface area contributed by atoms with Gasteiger partial charge >= 0.3 is 0 Å². The van der Waals surface area contributed by atoms with E-state index < -0.39 is 0 Å². The fourth-order valence-corrected chi connectivity index (χ4v) is 2.51. The monoisotopic (exact) mass is 362 g/mol. The average Bonchev–Trinajstić information content (AvgIpc) is 2.69. The zero-order valence-corrected chi connectivity index (χ0v) is 15.4. The number of benzene rings is 2. The van der Waals surface area contributed by atoms with Crippen molar-refractivity contribution < 1.29 is 9.53 Å². The van der Waals surface area contributed by atoms with Gasteiger partial charge in [-0.25, -0.2) is 9.97 Å². The van der Waals surface area contributed by atoms with Gasteiger partial charge in [0.1, 0.15) is 23.6 Å². The summed E-state index contributed by atoms with van der Waals surface area (Å²) < 4.78 is 5.53. The molecule has 1 heterocycles. The van der Waals surface area contributed by atoms with Gasteiger partial charge in [-0.1, -0.05) is 42.0 Å². The molecule has 0 bridgehead atoms. The number of aromatic nitrogens is 2. The topological polar surface area (TPSA) is 76.1 Å². The quantitative estimate of drug-likeness (QED) is 0.663. The maximum absolute atomic E-state index is 12.5. The number of nitrogens with one attached hydrogen (secondary N) is 2. The van der Waals surface area contributed by atoms with Crippen LogP contribution in [0.3, 0.4) is 0 Å². The van der Waals surface area contributed by atoms with Gasteiger partial charge in [-0.05, 0) is 31.5 Å². The predicted octanol–water partition coefficient (Wildman–Crippen LogP) is 4.05. The van der Waals surface area contributed by atoms with Crippen molar-refractivity contribution in [2.45, 2.75) is 20.4 Å². The zero-order valence-electron chi connectivity index (χ0n) is 15.4. The molecule has 6 nitrogen and oxygen atoms in total. The highest BCUT2D eigenvalue weighted by molar-refractivity contribution is 6.04. The molecule has 0 saturated heterocycles. The minimum atomic E-state index is -0.317. The Morgan fingerprint density at radius 2 is 1.85 bits per heavy atom. The lowest BCUT2D eigenvalue weighted by Gasteiger charge is -2.11. The molecule has 0 fully saturated rings. The summed E-state index contributed by atoms with van der Waals surface area (Å²) in [5.74, 6) is 0.900. The molecule has 3 aromatic rings. The van der Waals surface area contributed by atoms with Gasteiger partial charge < -0.3 is 15.4 Å². The van der Waals surface area contributed by atoms with E-state index in [2.05, 4.69) is 51.8 Å². The normalized spacial score (nSPS) is 10.3. The summed E-state index contributed by atoms with van der Waals surface area (Å²) >= 11 is 0. The Labute approximate surface area is 158 Å². The minimum Gasteiger partial charge on any atom is -0.492 e. The van der Waals surface area contributed by atoms with E-state index in [4.69, 9.17) is 4.74 Å². The van der Waals surface area contributed by atoms with Crippen LogP contribution < -0.4 is 15.4 Å². The smallest absolute Gasteiger partial charge is 0.274 e. The van der Waals surface area contributed by atoms with Crippen molar-refractivity contribution in [1.82, 2.24) is 9.97 Å². The molecule has 27 heavy (non-hydrogen) atoms. The molecule has 0 atom stereocenters. The van der Waals surface area contributed by atoms with Crippen LogP contribution >= 0.6 is 0 Å². The third-order valence-corrected chi connectivity index (χ3v) is 3.93. The molecule has 0 saturated carbocycles. The fourth-order valence-electron chi connectivity index (χ4n) is 2.51. The van der Waals surface area contributed by atoms with Gasteiger partial charge in [-0.3, -0.25) is 4.79 Å². The number of para-hydroxylation sites is 2. The molecule has 0 radical (unpaired) electrons. The molecule has 0 unspecified atom stereocenters. The highest BCUT2D eigenvalue weighted by Crippen LogP contribution is 2.24. The molecule has 2 N–H and O–H groups in total. The second-order valence-electron chi connectivity index (χ2n) is 6.01. The van der Waals surface area contributed by atoms with Gasteiger partial charge in [-0.15, -0.1) is 0 Å². The summed E-state index contributed by atoms with van der Waals surface area (Å²) in [6.07, 6.45) is 1.38. The first-order valence-electron chi connectivity index (χ1n) is 8.80.